The summed E-state index contributed by atoms with van der Waals surface area (Å²) < 4.78 is 23.5. The maximum Gasteiger partial charge on any atom is 0.300 e. The summed E-state index contributed by atoms with van der Waals surface area (Å²) in [5, 5.41) is 50.2. The number of aryl methyl sites for hydroxylation is 4. The van der Waals surface area contributed by atoms with Crippen molar-refractivity contribution in [1.29, 1.82) is 0 Å². The first kappa shape index (κ1) is 85.9. The fraction of sp³-hybridized carbons (Fsp3) is 0.138. The number of phenolic OH excluding ortho intramolecular Hbond substituents is 4. The average Bonchev–Trinajstić information content (AvgIpc) is 1.53. The van der Waals surface area contributed by atoms with Crippen LogP contribution in [0.25, 0.3) is 43.9 Å². The van der Waals surface area contributed by atoms with Gasteiger partial charge in [0.05, 0.1) is 110 Å². The van der Waals surface area contributed by atoms with Gasteiger partial charge in [0, 0.05) is 34.6 Å². The van der Waals surface area contributed by atoms with E-state index in [4.69, 9.17) is 27.6 Å². The summed E-state index contributed by atoms with van der Waals surface area (Å²) in [6.07, 6.45) is 0. The van der Waals surface area contributed by atoms with E-state index in [-0.39, 0.29) is 134 Å². The number of Topliss-reactive ketones (excluding diaryl/α,β-unsaturated/α-hetero) is 4. The van der Waals surface area contributed by atoms with Gasteiger partial charge in [0.2, 0.25) is 23.0 Å². The van der Waals surface area contributed by atoms with Crippen molar-refractivity contribution < 1.29 is 86.4 Å². The lowest BCUT2D eigenvalue weighted by Crippen LogP contribution is -2.29. The standard InChI is InChI=1S/4C23H16N2O5S.C2H4O2/c4*1-11-21(12(2)26)31-23(24-11)25-18(13-6-5-7-14(27)10-13)17-19(28)15-8-3-4-9-16(15)30-20(17)22(25)29;1-2(3)4/h4*3-10,18,27H,1-2H3;1H3,(H,3,4). The number of nitrogens with zero attached hydrogens (tertiary/aromatic N) is 8. The second-order valence-corrected chi connectivity index (χ2v) is 33.7. The minimum atomic E-state index is -0.846. The summed E-state index contributed by atoms with van der Waals surface area (Å²) >= 11 is 4.36. The highest BCUT2D eigenvalue weighted by atomic mass is 32.1. The van der Waals surface area contributed by atoms with Crippen LogP contribution in [0.4, 0.5) is 20.5 Å². The number of benzene rings is 8. The van der Waals surface area contributed by atoms with Gasteiger partial charge in [-0.15, -0.1) is 0 Å². The molecule has 8 aromatic heterocycles. The van der Waals surface area contributed by atoms with Gasteiger partial charge in [-0.05, 0) is 147 Å². The number of amides is 4. The summed E-state index contributed by atoms with van der Waals surface area (Å²) in [6.45, 7) is 13.6. The number of rotatable bonds is 12. The lowest BCUT2D eigenvalue weighted by molar-refractivity contribution is -0.134. The number of carboxylic acids is 1. The van der Waals surface area contributed by atoms with E-state index >= 15 is 0 Å². The van der Waals surface area contributed by atoms with E-state index in [9.17, 15) is 78.0 Å². The molecule has 5 N–H and O–H groups in total. The smallest absolute Gasteiger partial charge is 0.300 e. The monoisotopic (exact) mass is 1790 g/mol. The lowest BCUT2D eigenvalue weighted by atomic mass is 9.98. The van der Waals surface area contributed by atoms with Crippen LogP contribution in [0.5, 0.6) is 23.0 Å². The molecule has 4 atom stereocenters. The molecule has 8 aromatic carbocycles. The molecule has 0 saturated heterocycles. The number of hydrogen-bond acceptors (Lipinski definition) is 29. The summed E-state index contributed by atoms with van der Waals surface area (Å²) in [5.41, 5.74) is 4.91. The molecule has 0 aliphatic carbocycles. The quantitative estimate of drug-likeness (QED) is 0.0709. The first-order valence-corrected chi connectivity index (χ1v) is 42.3. The molecule has 0 spiro atoms. The fourth-order valence-corrected chi connectivity index (χ4v) is 19.7. The van der Waals surface area contributed by atoms with Crippen molar-refractivity contribution in [2.45, 2.75) is 86.5 Å². The maximum atomic E-state index is 13.5. The van der Waals surface area contributed by atoms with Crippen molar-refractivity contribution in [3.63, 3.8) is 0 Å². The number of aliphatic carboxylic acids is 1. The number of thiazole rings is 4. The summed E-state index contributed by atoms with van der Waals surface area (Å²) in [6, 6.07) is 49.1. The number of carbonyl (C=O) groups excluding carboxylic acids is 8. The van der Waals surface area contributed by atoms with Crippen LogP contribution in [0.1, 0.15) is 207 Å². The second kappa shape index (κ2) is 34.1. The van der Waals surface area contributed by atoms with Crippen LogP contribution in [0.3, 0.4) is 0 Å². The predicted molar refractivity (Wildman–Crippen MR) is 478 cm³/mol. The zero-order valence-corrected chi connectivity index (χ0v) is 71.9. The van der Waals surface area contributed by atoms with Crippen LogP contribution in [-0.4, -0.2) is 98.2 Å². The number of anilines is 4. The molecule has 0 fully saturated rings. The number of hydrogen-bond donors (Lipinski definition) is 5. The molecule has 0 saturated carbocycles. The van der Waals surface area contributed by atoms with E-state index in [1.54, 1.807) is 173 Å². The zero-order chi connectivity index (χ0) is 91.0. The van der Waals surface area contributed by atoms with E-state index in [2.05, 4.69) is 19.9 Å². The number of carboxylic acid groups (broad SMARTS) is 1. The highest BCUT2D eigenvalue weighted by Crippen LogP contribution is 2.49. The van der Waals surface area contributed by atoms with Crippen molar-refractivity contribution in [3.8, 4) is 23.0 Å². The third-order valence-electron chi connectivity index (χ3n) is 21.1. The highest BCUT2D eigenvalue weighted by Gasteiger charge is 2.50. The topological polar surface area (TPSA) is 440 Å². The second-order valence-electron chi connectivity index (χ2n) is 29.8. The summed E-state index contributed by atoms with van der Waals surface area (Å²) in [7, 11) is 0. The Morgan fingerprint density at radius 3 is 0.656 bits per heavy atom. The molecule has 4 unspecified atom stereocenters. The summed E-state index contributed by atoms with van der Waals surface area (Å²) in [4.78, 5) is 189. The Hall–Kier alpha value is -15.7. The van der Waals surface area contributed by atoms with E-state index in [1.807, 2.05) is 0 Å². The Balaban J connectivity index is 0.000000123. The fourth-order valence-electron chi connectivity index (χ4n) is 15.8. The van der Waals surface area contributed by atoms with Crippen LogP contribution < -0.4 is 41.3 Å². The number of ketones is 4. The van der Waals surface area contributed by atoms with Crippen molar-refractivity contribution >= 4 is 162 Å². The Labute approximate surface area is 738 Å². The van der Waals surface area contributed by atoms with Crippen molar-refractivity contribution in [1.82, 2.24) is 19.9 Å². The molecule has 16 aromatic rings. The molecule has 34 heteroatoms. The normalized spacial score (nSPS) is 15.2. The molecular weight excluding hydrogens is 1720 g/mol. The Morgan fingerprint density at radius 2 is 0.484 bits per heavy atom. The molecule has 4 amide bonds. The van der Waals surface area contributed by atoms with Gasteiger partial charge in [-0.2, -0.15) is 0 Å². The van der Waals surface area contributed by atoms with Crippen LogP contribution in [0.15, 0.2) is 231 Å². The van der Waals surface area contributed by atoms with Gasteiger partial charge < -0.3 is 43.2 Å². The molecular formula is C94H68N8O22S4. The summed E-state index contributed by atoms with van der Waals surface area (Å²) in [5.74, 6) is -3.75. The van der Waals surface area contributed by atoms with Gasteiger partial charge in [0.25, 0.3) is 29.6 Å². The molecule has 20 rings (SSSR count). The van der Waals surface area contributed by atoms with E-state index in [0.29, 0.717) is 108 Å². The van der Waals surface area contributed by atoms with Gasteiger partial charge in [0.15, 0.2) is 65.4 Å². The predicted octanol–water partition coefficient (Wildman–Crippen LogP) is 17.0. The number of para-hydroxylation sites is 4. The highest BCUT2D eigenvalue weighted by molar-refractivity contribution is 7.19. The van der Waals surface area contributed by atoms with E-state index in [1.165, 1.54) is 95.8 Å². The van der Waals surface area contributed by atoms with Crippen molar-refractivity contribution in [3.05, 3.63) is 345 Å². The Kier molecular flexibility index (Phi) is 22.9. The Morgan fingerprint density at radius 1 is 0.297 bits per heavy atom. The number of aromatic hydroxyl groups is 4. The average molecular weight is 1790 g/mol. The molecule has 30 nitrogen and oxygen atoms in total. The molecule has 0 bridgehead atoms. The van der Waals surface area contributed by atoms with Crippen LogP contribution in [0, 0.1) is 27.7 Å². The largest absolute Gasteiger partial charge is 0.508 e. The minimum Gasteiger partial charge on any atom is -0.508 e. The van der Waals surface area contributed by atoms with Crippen LogP contribution in [-0.2, 0) is 4.79 Å². The molecule has 128 heavy (non-hydrogen) atoms. The Bertz CT molecular complexity index is 6810. The van der Waals surface area contributed by atoms with Crippen molar-refractivity contribution in [2.24, 2.45) is 0 Å². The minimum absolute atomic E-state index is 0.00303. The molecule has 4 aliphatic rings. The first-order valence-electron chi connectivity index (χ1n) is 39.1. The zero-order valence-electron chi connectivity index (χ0n) is 68.7. The maximum absolute atomic E-state index is 13.5. The molecule has 0 radical (unpaired) electrons. The van der Waals surface area contributed by atoms with Crippen molar-refractivity contribution in [2.75, 3.05) is 19.6 Å². The molecule has 4 aliphatic heterocycles. The number of carbonyl (C=O) groups is 9. The number of fused-ring (bicyclic) bond motifs is 8. The number of aromatic nitrogens is 4. The first-order chi connectivity index (χ1) is 61.2. The number of phenols is 4. The van der Waals surface area contributed by atoms with Gasteiger partial charge in [0.1, 0.15) is 45.3 Å². The third kappa shape index (κ3) is 15.4. The SMILES string of the molecule is CC(=O)O.CC(=O)c1sc(N2C(=O)c3oc4ccccc4c(=O)c3C2c2cccc(O)c2)nc1C.CC(=O)c1sc(N2C(=O)c3oc4ccccc4c(=O)c3C2c2cccc(O)c2)nc1C.CC(=O)c1sc(N2C(=O)c3oc4ccccc4c(=O)c3C2c2cccc(O)c2)nc1C.CC(=O)c1sc(N2C(=O)c3oc4ccccc4c(=O)c3C2c2cccc(O)c2)nc1C. The van der Waals surface area contributed by atoms with E-state index < -0.39 is 53.8 Å². The lowest BCUT2D eigenvalue weighted by Gasteiger charge is -2.22. The van der Waals surface area contributed by atoms with Crippen LogP contribution >= 0.6 is 45.3 Å². The third-order valence-corrected chi connectivity index (χ3v) is 26.1. The van der Waals surface area contributed by atoms with Crippen LogP contribution in [0.2, 0.25) is 0 Å². The molecule has 640 valence electrons. The molecule has 12 heterocycles. The van der Waals surface area contributed by atoms with Gasteiger partial charge >= 0.3 is 0 Å². The van der Waals surface area contributed by atoms with E-state index in [0.717, 1.165) is 52.3 Å². The van der Waals surface area contributed by atoms with Gasteiger partial charge in [-0.25, -0.2) is 19.9 Å². The van der Waals surface area contributed by atoms with Gasteiger partial charge in [-0.1, -0.05) is 142 Å². The van der Waals surface area contributed by atoms with Gasteiger partial charge in [-0.3, -0.25) is 81.9 Å².